The van der Waals surface area contributed by atoms with Crippen molar-refractivity contribution in [2.24, 2.45) is 0 Å². The molecule has 0 aliphatic heterocycles. The average molecular weight is 398 g/mol. The Morgan fingerprint density at radius 2 is 1.86 bits per heavy atom. The van der Waals surface area contributed by atoms with Crippen molar-refractivity contribution in [1.82, 2.24) is 15.0 Å². The molecule has 1 atom stereocenters. The minimum Gasteiger partial charge on any atom is -0.454 e. The topological polar surface area (TPSA) is 84.9 Å². The summed E-state index contributed by atoms with van der Waals surface area (Å²) in [5, 5.41) is 1.55. The molecule has 0 radical (unpaired) electrons. The second kappa shape index (κ2) is 8.56. The molecule has 0 saturated carbocycles. The van der Waals surface area contributed by atoms with E-state index in [1.54, 1.807) is 13.1 Å². The Bertz CT molecular complexity index is 1010. The van der Waals surface area contributed by atoms with E-state index in [1.807, 2.05) is 44.4 Å². The van der Waals surface area contributed by atoms with E-state index >= 15 is 0 Å². The van der Waals surface area contributed by atoms with Gasteiger partial charge in [0.25, 0.3) is 0 Å². The van der Waals surface area contributed by atoms with Gasteiger partial charge in [-0.1, -0.05) is 30.0 Å². The number of benzene rings is 1. The van der Waals surface area contributed by atoms with E-state index in [0.717, 1.165) is 33.0 Å². The summed E-state index contributed by atoms with van der Waals surface area (Å²) in [6.07, 6.45) is 3.41. The lowest BCUT2D eigenvalue weighted by molar-refractivity contribution is -0.146. The number of carbonyl (C=O) groups excluding carboxylic acids is 2. The molecule has 3 aromatic rings. The van der Waals surface area contributed by atoms with Crippen LogP contribution in [-0.2, 0) is 16.0 Å². The number of carbonyl (C=O) groups is 2. The van der Waals surface area contributed by atoms with E-state index in [9.17, 15) is 9.59 Å². The van der Waals surface area contributed by atoms with E-state index in [-0.39, 0.29) is 12.2 Å². The van der Waals surface area contributed by atoms with Gasteiger partial charge in [0.15, 0.2) is 11.3 Å². The van der Waals surface area contributed by atoms with Gasteiger partial charge in [0.2, 0.25) is 5.78 Å². The van der Waals surface area contributed by atoms with Gasteiger partial charge in [0, 0.05) is 40.5 Å². The van der Waals surface area contributed by atoms with Crippen molar-refractivity contribution < 1.29 is 14.3 Å². The number of rotatable bonds is 7. The highest BCUT2D eigenvalue weighted by Gasteiger charge is 2.22. The fourth-order valence-electron chi connectivity index (χ4n) is 3.19. The van der Waals surface area contributed by atoms with Crippen LogP contribution in [0.25, 0.3) is 10.9 Å². The molecule has 0 amide bonds. The van der Waals surface area contributed by atoms with E-state index in [1.165, 1.54) is 11.8 Å². The molecule has 0 aliphatic carbocycles. The molecule has 1 aromatic carbocycles. The number of Topliss-reactive ketones (excluding diaryl/α,β-unsaturated/α-hetero) is 1. The molecule has 0 unspecified atom stereocenters. The molecule has 1 N–H and O–H groups in total. The third-order valence-electron chi connectivity index (χ3n) is 4.69. The van der Waals surface area contributed by atoms with Gasteiger partial charge in [0.05, 0.1) is 0 Å². The van der Waals surface area contributed by atoms with Gasteiger partial charge in [-0.05, 0) is 45.1 Å². The van der Waals surface area contributed by atoms with Crippen LogP contribution < -0.4 is 0 Å². The molecule has 0 aliphatic rings. The van der Waals surface area contributed by atoms with Crippen molar-refractivity contribution in [2.45, 2.75) is 44.9 Å². The van der Waals surface area contributed by atoms with Gasteiger partial charge in [-0.15, -0.1) is 0 Å². The average Bonchev–Trinajstić information content (AvgIpc) is 3.10. The van der Waals surface area contributed by atoms with Crippen molar-refractivity contribution in [3.05, 3.63) is 53.0 Å². The molecule has 7 heteroatoms. The number of aryl methyl sites for hydroxylation is 2. The maximum absolute atomic E-state index is 12.7. The number of hydrogen-bond acceptors (Lipinski definition) is 6. The monoisotopic (exact) mass is 397 g/mol. The quantitative estimate of drug-likeness (QED) is 0.280. The summed E-state index contributed by atoms with van der Waals surface area (Å²) in [5.74, 6) is -0.626. The normalized spacial score (nSPS) is 12.1. The van der Waals surface area contributed by atoms with E-state index < -0.39 is 12.1 Å². The van der Waals surface area contributed by atoms with Crippen LogP contribution in [0.1, 0.15) is 40.7 Å². The smallest absolute Gasteiger partial charge is 0.306 e. The molecule has 0 saturated heterocycles. The summed E-state index contributed by atoms with van der Waals surface area (Å²) in [5.41, 5.74) is 4.10. The van der Waals surface area contributed by atoms with E-state index in [2.05, 4.69) is 15.0 Å². The second-order valence-electron chi connectivity index (χ2n) is 6.60. The standard InChI is InChI=1S/C21H23N3O3S/c1-12-15(13(2)24-21(23-12)28-4)9-10-19(25)27-14(3)20(26)17-11-22-18-8-6-5-7-16(17)18/h5-8,11,14,22H,9-10H2,1-4H3/t14-/m1/s1. The molecular formula is C21H23N3O3S. The molecule has 2 heterocycles. The summed E-state index contributed by atoms with van der Waals surface area (Å²) >= 11 is 1.49. The molecular weight excluding hydrogens is 374 g/mol. The Morgan fingerprint density at radius 3 is 2.54 bits per heavy atom. The van der Waals surface area contributed by atoms with Gasteiger partial charge < -0.3 is 9.72 Å². The fraction of sp³-hybridized carbons (Fsp3) is 0.333. The van der Waals surface area contributed by atoms with Gasteiger partial charge in [-0.25, -0.2) is 9.97 Å². The summed E-state index contributed by atoms with van der Waals surface area (Å²) < 4.78 is 5.38. The van der Waals surface area contributed by atoms with Crippen molar-refractivity contribution in [3.8, 4) is 0 Å². The predicted octanol–water partition coefficient (Wildman–Crippen LogP) is 4.04. The van der Waals surface area contributed by atoms with Crippen molar-refractivity contribution in [3.63, 3.8) is 0 Å². The van der Waals surface area contributed by atoms with Crippen LogP contribution >= 0.6 is 11.8 Å². The number of thioether (sulfide) groups is 1. The van der Waals surface area contributed by atoms with Crippen LogP contribution in [0.15, 0.2) is 35.6 Å². The SMILES string of the molecule is CSc1nc(C)c(CCC(=O)O[C@H](C)C(=O)c2c[nH]c3ccccc23)c(C)n1. The molecule has 0 bridgehead atoms. The zero-order valence-electron chi connectivity index (χ0n) is 16.4. The number of aromatic amines is 1. The third-order valence-corrected chi connectivity index (χ3v) is 5.24. The number of fused-ring (bicyclic) bond motifs is 1. The molecule has 146 valence electrons. The van der Waals surface area contributed by atoms with Crippen LogP contribution in [0.3, 0.4) is 0 Å². The Hall–Kier alpha value is -2.67. The molecule has 0 fully saturated rings. The number of H-pyrrole nitrogens is 1. The lowest BCUT2D eigenvalue weighted by Crippen LogP contribution is -2.24. The first-order valence-corrected chi connectivity index (χ1v) is 10.3. The summed E-state index contributed by atoms with van der Waals surface area (Å²) in [7, 11) is 0. The number of ketones is 1. The number of esters is 1. The number of aromatic nitrogens is 3. The predicted molar refractivity (Wildman–Crippen MR) is 110 cm³/mol. The summed E-state index contributed by atoms with van der Waals surface area (Å²) in [6, 6.07) is 7.55. The van der Waals surface area contributed by atoms with Crippen LogP contribution in [0.4, 0.5) is 0 Å². The van der Waals surface area contributed by atoms with E-state index in [0.29, 0.717) is 12.0 Å². The highest BCUT2D eigenvalue weighted by Crippen LogP contribution is 2.21. The third kappa shape index (κ3) is 4.25. The summed E-state index contributed by atoms with van der Waals surface area (Å²) in [6.45, 7) is 5.44. The van der Waals surface area contributed by atoms with Crippen LogP contribution in [-0.4, -0.2) is 39.1 Å². The number of ether oxygens (including phenoxy) is 1. The molecule has 6 nitrogen and oxygen atoms in total. The molecule has 28 heavy (non-hydrogen) atoms. The van der Waals surface area contributed by atoms with Gasteiger partial charge in [0.1, 0.15) is 0 Å². The van der Waals surface area contributed by atoms with Crippen LogP contribution in [0.5, 0.6) is 0 Å². The maximum Gasteiger partial charge on any atom is 0.306 e. The highest BCUT2D eigenvalue weighted by molar-refractivity contribution is 7.98. The Balaban J connectivity index is 1.62. The number of hydrogen-bond donors (Lipinski definition) is 1. The first kappa shape index (κ1) is 20.1. The molecule has 0 spiro atoms. The lowest BCUT2D eigenvalue weighted by Gasteiger charge is -2.13. The largest absolute Gasteiger partial charge is 0.454 e. The minimum absolute atomic E-state index is 0.176. The first-order chi connectivity index (χ1) is 13.4. The number of nitrogens with zero attached hydrogens (tertiary/aromatic N) is 2. The van der Waals surface area contributed by atoms with Crippen LogP contribution in [0, 0.1) is 13.8 Å². The second-order valence-corrected chi connectivity index (χ2v) is 7.38. The van der Waals surface area contributed by atoms with Crippen molar-refractivity contribution in [1.29, 1.82) is 0 Å². The minimum atomic E-state index is -0.844. The molecule has 2 aromatic heterocycles. The zero-order chi connectivity index (χ0) is 20.3. The molecule has 3 rings (SSSR count). The highest BCUT2D eigenvalue weighted by atomic mass is 32.2. The fourth-order valence-corrected chi connectivity index (χ4v) is 3.65. The van der Waals surface area contributed by atoms with Crippen molar-refractivity contribution >= 4 is 34.4 Å². The Kier molecular flexibility index (Phi) is 6.14. The number of nitrogens with one attached hydrogen (secondary N) is 1. The maximum atomic E-state index is 12.7. The summed E-state index contributed by atoms with van der Waals surface area (Å²) in [4.78, 5) is 36.9. The van der Waals surface area contributed by atoms with E-state index in [4.69, 9.17) is 4.74 Å². The lowest BCUT2D eigenvalue weighted by atomic mass is 10.1. The first-order valence-electron chi connectivity index (χ1n) is 9.08. The number of para-hydroxylation sites is 1. The van der Waals surface area contributed by atoms with Gasteiger partial charge >= 0.3 is 5.97 Å². The Morgan fingerprint density at radius 1 is 1.18 bits per heavy atom. The Labute approximate surface area is 168 Å². The zero-order valence-corrected chi connectivity index (χ0v) is 17.2. The van der Waals surface area contributed by atoms with Gasteiger partial charge in [-0.2, -0.15) is 0 Å². The van der Waals surface area contributed by atoms with Gasteiger partial charge in [-0.3, -0.25) is 9.59 Å². The van der Waals surface area contributed by atoms with Crippen molar-refractivity contribution in [2.75, 3.05) is 6.26 Å². The van der Waals surface area contributed by atoms with Crippen LogP contribution in [0.2, 0.25) is 0 Å².